The second-order valence-corrected chi connectivity index (χ2v) is 14.4. The highest BCUT2D eigenvalue weighted by Crippen LogP contribution is 2.43. The van der Waals surface area contributed by atoms with Crippen LogP contribution in [0, 0.1) is 20.2 Å². The number of hydrogen-bond donors (Lipinski definition) is 1. The Morgan fingerprint density at radius 3 is 2.10 bits per heavy atom. The van der Waals surface area contributed by atoms with Crippen molar-refractivity contribution in [2.45, 2.75) is 41.0 Å². The molecule has 0 fully saturated rings. The zero-order valence-electron chi connectivity index (χ0n) is 26.0. The Kier molecular flexibility index (Phi) is 13.0. The number of nitrogens with one attached hydrogen (secondary N) is 1. The molecule has 18 nitrogen and oxygen atoms in total. The van der Waals surface area contributed by atoms with E-state index in [1.807, 2.05) is 0 Å². The van der Waals surface area contributed by atoms with Crippen LogP contribution in [-0.2, 0) is 37.6 Å². The summed E-state index contributed by atoms with van der Waals surface area (Å²) in [5.74, 6) is 0.317. The summed E-state index contributed by atoms with van der Waals surface area (Å²) >= 11 is 1.75. The van der Waals surface area contributed by atoms with Gasteiger partial charge in [0.2, 0.25) is 0 Å². The van der Waals surface area contributed by atoms with Crippen LogP contribution in [0.4, 0.5) is 9.59 Å². The number of benzene rings is 2. The summed E-state index contributed by atoms with van der Waals surface area (Å²) in [6.45, 7) is 1.73. The zero-order chi connectivity index (χ0) is 35.6. The van der Waals surface area contributed by atoms with Gasteiger partial charge in [-0.1, -0.05) is 24.3 Å². The number of carbonyl (C=O) groups is 2. The molecule has 21 heteroatoms. The van der Waals surface area contributed by atoms with Crippen LogP contribution in [0.3, 0.4) is 0 Å². The summed E-state index contributed by atoms with van der Waals surface area (Å²) in [5.41, 5.74) is 1.32. The molecular weight excluding hydrogens is 711 g/mol. The normalized spacial score (nSPS) is 15.0. The molecule has 1 atom stereocenters. The highest BCUT2D eigenvalue weighted by molar-refractivity contribution is 8.00. The monoisotopic (exact) mass is 741 g/mol. The Bertz CT molecular complexity index is 1740. The van der Waals surface area contributed by atoms with E-state index in [2.05, 4.69) is 14.4 Å². The minimum Gasteiger partial charge on any atom is -0.410 e. The smallest absolute Gasteiger partial charge is 0.410 e. The van der Waals surface area contributed by atoms with E-state index in [1.165, 1.54) is 64.8 Å². The maximum atomic E-state index is 13.7. The number of rotatable bonds is 16. The highest BCUT2D eigenvalue weighted by Gasteiger charge is 2.42. The number of hydrogen-bond acceptors (Lipinski definition) is 15. The van der Waals surface area contributed by atoms with Gasteiger partial charge in [-0.25, -0.2) is 18.0 Å². The van der Waals surface area contributed by atoms with Crippen LogP contribution in [0.5, 0.6) is 11.5 Å². The zero-order valence-corrected chi connectivity index (χ0v) is 28.5. The molecule has 0 radical (unpaired) electrons. The van der Waals surface area contributed by atoms with Gasteiger partial charge in [-0.3, -0.25) is 9.62 Å². The third-order valence-electron chi connectivity index (χ3n) is 6.89. The van der Waals surface area contributed by atoms with Crippen LogP contribution >= 0.6 is 23.3 Å². The highest BCUT2D eigenvalue weighted by atomic mass is 32.3. The van der Waals surface area contributed by atoms with Crippen molar-refractivity contribution in [1.29, 1.82) is 0 Å². The first-order chi connectivity index (χ1) is 23.4. The molecule has 3 aromatic rings. The molecule has 2 heterocycles. The van der Waals surface area contributed by atoms with E-state index in [1.54, 1.807) is 13.0 Å². The van der Waals surface area contributed by atoms with E-state index in [0.717, 1.165) is 23.3 Å². The maximum absolute atomic E-state index is 13.7. The standard InChI is InChI=1S/C28H31N5O13S3/c1-3-31(28(35)46-22-11-7-20(8-12-22)18-44-33(38)39)24-16-30(13-4-14-42-2)49(40,41)26-23(24)15-25(47-26)48-29-27(34)45-21-9-5-19(6-10-21)17-43-32(36)37/h5-12,15,24H,3-4,13-14,16-18H2,1-2H3,(H,29,34). The second kappa shape index (κ2) is 17.1. The second-order valence-electron chi connectivity index (χ2n) is 10.1. The molecule has 1 aromatic heterocycles. The van der Waals surface area contributed by atoms with Gasteiger partial charge in [0, 0.05) is 50.9 Å². The molecule has 1 unspecified atom stereocenters. The molecule has 0 spiro atoms. The predicted octanol–water partition coefficient (Wildman–Crippen LogP) is 4.56. The number of thiophene rings is 1. The first kappa shape index (κ1) is 37.1. The van der Waals surface area contributed by atoms with Crippen molar-refractivity contribution in [3.63, 3.8) is 0 Å². The minimum absolute atomic E-state index is 0.00718. The largest absolute Gasteiger partial charge is 0.422 e. The summed E-state index contributed by atoms with van der Waals surface area (Å²) in [6.07, 6.45) is -1.20. The van der Waals surface area contributed by atoms with Crippen molar-refractivity contribution >= 4 is 45.5 Å². The molecule has 49 heavy (non-hydrogen) atoms. The minimum atomic E-state index is -3.97. The van der Waals surface area contributed by atoms with E-state index < -0.39 is 38.4 Å². The molecule has 1 N–H and O–H groups in total. The Morgan fingerprint density at radius 1 is 1.00 bits per heavy atom. The van der Waals surface area contributed by atoms with Crippen molar-refractivity contribution in [1.82, 2.24) is 13.9 Å². The average Bonchev–Trinajstić information content (AvgIpc) is 3.51. The summed E-state index contributed by atoms with van der Waals surface area (Å²) in [7, 11) is -2.46. The van der Waals surface area contributed by atoms with Gasteiger partial charge in [0.25, 0.3) is 20.2 Å². The number of amides is 2. The number of sulfonamides is 1. The number of carbonyl (C=O) groups excluding carboxylic acids is 2. The summed E-state index contributed by atoms with van der Waals surface area (Å²) in [6, 6.07) is 12.6. The van der Waals surface area contributed by atoms with Crippen LogP contribution in [0.1, 0.15) is 36.1 Å². The number of fused-ring (bicyclic) bond motifs is 1. The molecule has 1 aliphatic rings. The van der Waals surface area contributed by atoms with Gasteiger partial charge in [-0.15, -0.1) is 31.6 Å². The van der Waals surface area contributed by atoms with Gasteiger partial charge in [0.1, 0.15) is 28.9 Å². The molecular formula is C28H31N5O13S3. The summed E-state index contributed by atoms with van der Waals surface area (Å²) < 4.78 is 47.5. The Morgan fingerprint density at radius 2 is 1.57 bits per heavy atom. The molecule has 1 aliphatic heterocycles. The van der Waals surface area contributed by atoms with Crippen molar-refractivity contribution in [3.8, 4) is 11.5 Å². The molecule has 2 aromatic carbocycles. The fourth-order valence-corrected chi connectivity index (χ4v) is 8.87. The predicted molar refractivity (Wildman–Crippen MR) is 172 cm³/mol. The van der Waals surface area contributed by atoms with Crippen LogP contribution < -0.4 is 14.2 Å². The number of nitrogens with zero attached hydrogens (tertiary/aromatic N) is 4. The average molecular weight is 742 g/mol. The molecule has 0 saturated carbocycles. The summed E-state index contributed by atoms with van der Waals surface area (Å²) in [4.78, 5) is 56.8. The van der Waals surface area contributed by atoms with Crippen molar-refractivity contribution in [3.05, 3.63) is 91.5 Å². The molecule has 4 rings (SSSR count). The molecule has 264 valence electrons. The van der Waals surface area contributed by atoms with Gasteiger partial charge in [-0.05, 0) is 54.8 Å². The molecule has 0 saturated heterocycles. The third-order valence-corrected chi connectivity index (χ3v) is 11.3. The fourth-order valence-electron chi connectivity index (χ4n) is 4.64. The fraction of sp³-hybridized carbons (Fsp3) is 0.357. The molecule has 0 aliphatic carbocycles. The first-order valence-electron chi connectivity index (χ1n) is 14.4. The van der Waals surface area contributed by atoms with E-state index in [-0.39, 0.29) is 48.6 Å². The number of methoxy groups -OCH3 is 1. The van der Waals surface area contributed by atoms with Gasteiger partial charge in [0.05, 0.1) is 10.3 Å². The lowest BCUT2D eigenvalue weighted by atomic mass is 10.1. The van der Waals surface area contributed by atoms with Crippen LogP contribution in [-0.4, -0.2) is 73.3 Å². The van der Waals surface area contributed by atoms with Crippen molar-refractivity contribution in [2.75, 3.05) is 33.4 Å². The Hall–Kier alpha value is -4.70. The molecule has 0 bridgehead atoms. The van der Waals surface area contributed by atoms with E-state index in [9.17, 15) is 38.2 Å². The SMILES string of the molecule is CCN(C(=O)Oc1ccc(CO[N+](=O)[O-])cc1)C1CN(CCCOC)S(=O)(=O)c2sc(SNC(=O)Oc3ccc(CO[N+](=O)[O-])cc3)cc21. The van der Waals surface area contributed by atoms with Crippen LogP contribution in [0.25, 0.3) is 0 Å². The van der Waals surface area contributed by atoms with Crippen LogP contribution in [0.15, 0.2) is 63.0 Å². The summed E-state index contributed by atoms with van der Waals surface area (Å²) in [5, 5.41) is 19.0. The van der Waals surface area contributed by atoms with Gasteiger partial charge in [0.15, 0.2) is 0 Å². The lowest BCUT2D eigenvalue weighted by Crippen LogP contribution is -2.47. The van der Waals surface area contributed by atoms with E-state index >= 15 is 0 Å². The Labute approximate surface area is 288 Å². The first-order valence-corrected chi connectivity index (χ1v) is 17.5. The number of ether oxygens (including phenoxy) is 3. The topological polar surface area (TPSA) is 219 Å². The quantitative estimate of drug-likeness (QED) is 0.0921. The maximum Gasteiger partial charge on any atom is 0.422 e. The van der Waals surface area contributed by atoms with Crippen molar-refractivity contribution in [2.24, 2.45) is 0 Å². The van der Waals surface area contributed by atoms with E-state index in [0.29, 0.717) is 33.9 Å². The van der Waals surface area contributed by atoms with Gasteiger partial charge < -0.3 is 23.9 Å². The Balaban J connectivity index is 1.50. The van der Waals surface area contributed by atoms with Crippen LogP contribution in [0.2, 0.25) is 0 Å². The third kappa shape index (κ3) is 10.2. The van der Waals surface area contributed by atoms with Crippen molar-refractivity contribution < 1.29 is 52.1 Å². The van der Waals surface area contributed by atoms with Gasteiger partial charge in [-0.2, -0.15) is 4.31 Å². The van der Waals surface area contributed by atoms with Gasteiger partial charge >= 0.3 is 12.2 Å². The number of likely N-dealkylation sites (N-methyl/N-ethyl adjacent to an activating group) is 1. The lowest BCUT2D eigenvalue weighted by molar-refractivity contribution is -0.763. The van der Waals surface area contributed by atoms with E-state index in [4.69, 9.17) is 14.2 Å². The molecule has 2 amide bonds. The lowest BCUT2D eigenvalue weighted by Gasteiger charge is -2.37.